The van der Waals surface area contributed by atoms with E-state index >= 15 is 0 Å². The highest BCUT2D eigenvalue weighted by atomic mass is 35.5. The molecule has 1 saturated heterocycles. The van der Waals surface area contributed by atoms with Crippen LogP contribution in [0.15, 0.2) is 28.8 Å². The molecule has 1 aromatic heterocycles. The van der Waals surface area contributed by atoms with E-state index in [1.807, 2.05) is 31.2 Å². The van der Waals surface area contributed by atoms with E-state index < -0.39 is 0 Å². The minimum absolute atomic E-state index is 0.103. The molecule has 130 valence electrons. The van der Waals surface area contributed by atoms with Crippen molar-refractivity contribution in [2.45, 2.75) is 45.3 Å². The van der Waals surface area contributed by atoms with Crippen LogP contribution >= 0.6 is 11.6 Å². The van der Waals surface area contributed by atoms with E-state index in [4.69, 9.17) is 16.1 Å². The van der Waals surface area contributed by atoms with Crippen molar-refractivity contribution >= 4 is 11.6 Å². The first-order chi connectivity index (χ1) is 11.5. The van der Waals surface area contributed by atoms with Gasteiger partial charge >= 0.3 is 0 Å². The van der Waals surface area contributed by atoms with Crippen molar-refractivity contribution in [2.24, 2.45) is 5.92 Å². The molecule has 1 aromatic carbocycles. The summed E-state index contributed by atoms with van der Waals surface area (Å²) in [7, 11) is 0. The lowest BCUT2D eigenvalue weighted by molar-refractivity contribution is 0.0524. The fourth-order valence-corrected chi connectivity index (χ4v) is 3.37. The van der Waals surface area contributed by atoms with Crippen LogP contribution in [0, 0.1) is 5.92 Å². The summed E-state index contributed by atoms with van der Waals surface area (Å²) in [5.41, 5.74) is 1.11. The maximum absolute atomic E-state index is 9.71. The molecule has 2 unspecified atom stereocenters. The average molecular weight is 350 g/mol. The third-order valence-corrected chi connectivity index (χ3v) is 5.17. The standard InChI is InChI=1S/C18H24ClN3O2/c1-12(22-9-7-15(8-10-22)13(2)23)18-20-17(21-24-18)11-14-3-5-16(19)6-4-14/h3-6,12-13,15,23H,7-11H2,1-2H3. The highest BCUT2D eigenvalue weighted by molar-refractivity contribution is 6.30. The van der Waals surface area contributed by atoms with Crippen LogP contribution in [-0.2, 0) is 6.42 Å². The molecule has 0 amide bonds. The van der Waals surface area contributed by atoms with E-state index in [0.29, 0.717) is 24.1 Å². The smallest absolute Gasteiger partial charge is 0.243 e. The Bertz CT molecular complexity index is 649. The summed E-state index contributed by atoms with van der Waals surface area (Å²) in [4.78, 5) is 6.90. The van der Waals surface area contributed by atoms with Gasteiger partial charge in [-0.25, -0.2) is 0 Å². The van der Waals surface area contributed by atoms with Crippen molar-refractivity contribution < 1.29 is 9.63 Å². The minimum Gasteiger partial charge on any atom is -0.393 e. The van der Waals surface area contributed by atoms with Crippen molar-refractivity contribution in [3.63, 3.8) is 0 Å². The molecular formula is C18H24ClN3O2. The second-order valence-electron chi connectivity index (χ2n) is 6.64. The lowest BCUT2D eigenvalue weighted by Gasteiger charge is -2.35. The number of rotatable bonds is 5. The fourth-order valence-electron chi connectivity index (χ4n) is 3.24. The van der Waals surface area contributed by atoms with Gasteiger partial charge in [-0.15, -0.1) is 0 Å². The molecule has 6 heteroatoms. The summed E-state index contributed by atoms with van der Waals surface area (Å²) in [6.45, 7) is 5.88. The van der Waals surface area contributed by atoms with Gasteiger partial charge < -0.3 is 9.63 Å². The normalized spacial score (nSPS) is 19.3. The highest BCUT2D eigenvalue weighted by Crippen LogP contribution is 2.27. The van der Waals surface area contributed by atoms with Gasteiger partial charge in [-0.3, -0.25) is 4.90 Å². The third kappa shape index (κ3) is 4.15. The van der Waals surface area contributed by atoms with Crippen LogP contribution < -0.4 is 0 Å². The molecule has 2 aromatic rings. The van der Waals surface area contributed by atoms with Crippen LogP contribution in [0.25, 0.3) is 0 Å². The number of piperidine rings is 1. The minimum atomic E-state index is -0.225. The molecule has 2 heterocycles. The van der Waals surface area contributed by atoms with Crippen molar-refractivity contribution in [1.29, 1.82) is 0 Å². The number of hydrogen-bond acceptors (Lipinski definition) is 5. The molecule has 5 nitrogen and oxygen atoms in total. The maximum atomic E-state index is 9.71. The number of aromatic nitrogens is 2. The lowest BCUT2D eigenvalue weighted by atomic mass is 9.91. The Morgan fingerprint density at radius 1 is 1.25 bits per heavy atom. The zero-order chi connectivity index (χ0) is 17.1. The van der Waals surface area contributed by atoms with Gasteiger partial charge in [-0.1, -0.05) is 28.9 Å². The van der Waals surface area contributed by atoms with Gasteiger partial charge in [-0.05, 0) is 63.4 Å². The predicted octanol–water partition coefficient (Wildman–Crippen LogP) is 3.47. The summed E-state index contributed by atoms with van der Waals surface area (Å²) in [5, 5.41) is 14.5. The number of aliphatic hydroxyl groups excluding tert-OH is 1. The van der Waals surface area contributed by atoms with Crippen LogP contribution in [0.3, 0.4) is 0 Å². The second-order valence-corrected chi connectivity index (χ2v) is 7.08. The second kappa shape index (κ2) is 7.64. The molecule has 0 saturated carbocycles. The van der Waals surface area contributed by atoms with E-state index in [-0.39, 0.29) is 12.1 Å². The molecule has 24 heavy (non-hydrogen) atoms. The quantitative estimate of drug-likeness (QED) is 0.895. The van der Waals surface area contributed by atoms with Gasteiger partial charge in [0.1, 0.15) is 0 Å². The van der Waals surface area contributed by atoms with Gasteiger partial charge in [0.15, 0.2) is 5.82 Å². The molecule has 2 atom stereocenters. The van der Waals surface area contributed by atoms with Crippen LogP contribution in [0.1, 0.15) is 50.0 Å². The van der Waals surface area contributed by atoms with Gasteiger partial charge in [0.25, 0.3) is 0 Å². The molecule has 1 aliphatic heterocycles. The Balaban J connectivity index is 1.59. The summed E-state index contributed by atoms with van der Waals surface area (Å²) < 4.78 is 5.47. The Kier molecular flexibility index (Phi) is 5.54. The fraction of sp³-hybridized carbons (Fsp3) is 0.556. The van der Waals surface area contributed by atoms with E-state index in [1.165, 1.54) is 0 Å². The van der Waals surface area contributed by atoms with Crippen LogP contribution in [0.5, 0.6) is 0 Å². The van der Waals surface area contributed by atoms with E-state index in [2.05, 4.69) is 22.0 Å². The van der Waals surface area contributed by atoms with Crippen molar-refractivity contribution in [1.82, 2.24) is 15.0 Å². The van der Waals surface area contributed by atoms with Crippen LogP contribution in [0.2, 0.25) is 5.02 Å². The summed E-state index contributed by atoms with van der Waals surface area (Å²) >= 11 is 5.91. The predicted molar refractivity (Wildman–Crippen MR) is 92.9 cm³/mol. The average Bonchev–Trinajstić information content (AvgIpc) is 3.05. The number of hydrogen-bond donors (Lipinski definition) is 1. The van der Waals surface area contributed by atoms with Gasteiger partial charge in [0.2, 0.25) is 5.89 Å². The van der Waals surface area contributed by atoms with Gasteiger partial charge in [0.05, 0.1) is 12.1 Å². The summed E-state index contributed by atoms with van der Waals surface area (Å²) in [6, 6.07) is 7.79. The molecule has 0 radical (unpaired) electrons. The summed E-state index contributed by atoms with van der Waals surface area (Å²) in [5.74, 6) is 1.75. The lowest BCUT2D eigenvalue weighted by Crippen LogP contribution is -2.38. The first kappa shape index (κ1) is 17.4. The van der Waals surface area contributed by atoms with Gasteiger partial charge in [-0.2, -0.15) is 4.98 Å². The van der Waals surface area contributed by atoms with Crippen molar-refractivity contribution in [3.8, 4) is 0 Å². The highest BCUT2D eigenvalue weighted by Gasteiger charge is 2.28. The molecule has 3 rings (SSSR count). The number of likely N-dealkylation sites (tertiary alicyclic amines) is 1. The van der Waals surface area contributed by atoms with Crippen molar-refractivity contribution in [3.05, 3.63) is 46.6 Å². The molecule has 0 aliphatic carbocycles. The topological polar surface area (TPSA) is 62.4 Å². The zero-order valence-corrected chi connectivity index (χ0v) is 14.9. The molecule has 1 N–H and O–H groups in total. The Morgan fingerprint density at radius 2 is 1.92 bits per heavy atom. The largest absolute Gasteiger partial charge is 0.393 e. The van der Waals surface area contributed by atoms with Crippen LogP contribution in [-0.4, -0.2) is 39.3 Å². The number of nitrogens with zero attached hydrogens (tertiary/aromatic N) is 3. The number of benzene rings is 1. The molecular weight excluding hydrogens is 326 g/mol. The Hall–Kier alpha value is -1.43. The molecule has 1 fully saturated rings. The Labute approximate surface area is 147 Å². The Morgan fingerprint density at radius 3 is 2.54 bits per heavy atom. The molecule has 0 spiro atoms. The molecule has 1 aliphatic rings. The van der Waals surface area contributed by atoms with E-state index in [1.54, 1.807) is 0 Å². The van der Waals surface area contributed by atoms with E-state index in [0.717, 1.165) is 36.5 Å². The summed E-state index contributed by atoms with van der Waals surface area (Å²) in [6.07, 6.45) is 2.43. The van der Waals surface area contributed by atoms with Crippen LogP contribution in [0.4, 0.5) is 0 Å². The SMILES string of the molecule is CC(O)C1CCN(C(C)c2nc(Cc3ccc(Cl)cc3)no2)CC1. The number of aliphatic hydroxyl groups is 1. The first-order valence-electron chi connectivity index (χ1n) is 8.52. The first-order valence-corrected chi connectivity index (χ1v) is 8.89. The maximum Gasteiger partial charge on any atom is 0.243 e. The third-order valence-electron chi connectivity index (χ3n) is 4.92. The van der Waals surface area contributed by atoms with Gasteiger partial charge in [0, 0.05) is 11.4 Å². The monoisotopic (exact) mass is 349 g/mol. The number of halogens is 1. The van der Waals surface area contributed by atoms with E-state index in [9.17, 15) is 5.11 Å². The zero-order valence-electron chi connectivity index (χ0n) is 14.2. The molecule has 0 bridgehead atoms. The van der Waals surface area contributed by atoms with Crippen molar-refractivity contribution in [2.75, 3.05) is 13.1 Å².